The Labute approximate surface area is 182 Å². The van der Waals surface area contributed by atoms with Gasteiger partial charge in [0.25, 0.3) is 5.56 Å². The Kier molecular flexibility index (Phi) is 5.43. The van der Waals surface area contributed by atoms with Crippen molar-refractivity contribution < 1.29 is 9.18 Å². The van der Waals surface area contributed by atoms with Crippen LogP contribution < -0.4 is 15.8 Å². The fourth-order valence-corrected chi connectivity index (χ4v) is 5.34. The SMILES string of the molecule is O=C(NCc1ccc(F)cc1)C1CCCN(c2nn3c(=O)c4c(nc3s2)CCCC4)C1. The summed E-state index contributed by atoms with van der Waals surface area (Å²) in [6, 6.07) is 6.14. The quantitative estimate of drug-likeness (QED) is 0.674. The van der Waals surface area contributed by atoms with Crippen LogP contribution in [0.4, 0.5) is 9.52 Å². The van der Waals surface area contributed by atoms with Crippen molar-refractivity contribution in [3.8, 4) is 0 Å². The molecule has 3 heterocycles. The monoisotopic (exact) mass is 441 g/mol. The summed E-state index contributed by atoms with van der Waals surface area (Å²) in [5, 5.41) is 8.26. The minimum Gasteiger partial charge on any atom is -0.352 e. The Bertz CT molecular complexity index is 1170. The van der Waals surface area contributed by atoms with Crippen molar-refractivity contribution in [1.82, 2.24) is 19.9 Å². The van der Waals surface area contributed by atoms with E-state index in [0.29, 0.717) is 18.1 Å². The summed E-state index contributed by atoms with van der Waals surface area (Å²) < 4.78 is 14.5. The molecule has 2 aliphatic rings. The number of aryl methyl sites for hydroxylation is 1. The number of nitrogens with one attached hydrogen (secondary N) is 1. The number of benzene rings is 1. The summed E-state index contributed by atoms with van der Waals surface area (Å²) in [5.74, 6) is -0.455. The van der Waals surface area contributed by atoms with Crippen LogP contribution in [-0.4, -0.2) is 33.6 Å². The minimum atomic E-state index is -0.289. The van der Waals surface area contributed by atoms with Gasteiger partial charge in [0.15, 0.2) is 0 Å². The van der Waals surface area contributed by atoms with Crippen LogP contribution in [0.15, 0.2) is 29.1 Å². The molecular weight excluding hydrogens is 417 g/mol. The molecule has 1 amide bonds. The molecule has 1 aliphatic carbocycles. The molecule has 1 aliphatic heterocycles. The summed E-state index contributed by atoms with van der Waals surface area (Å²) in [4.78, 5) is 33.0. The van der Waals surface area contributed by atoms with Crippen LogP contribution in [0.25, 0.3) is 4.96 Å². The number of nitrogens with zero attached hydrogens (tertiary/aromatic N) is 4. The zero-order chi connectivity index (χ0) is 21.4. The number of piperidine rings is 1. The molecule has 1 N–H and O–H groups in total. The van der Waals surface area contributed by atoms with Gasteiger partial charge in [-0.2, -0.15) is 4.52 Å². The Balaban J connectivity index is 1.30. The second-order valence-electron chi connectivity index (χ2n) is 8.26. The van der Waals surface area contributed by atoms with E-state index in [-0.39, 0.29) is 23.2 Å². The molecule has 0 spiro atoms. The molecule has 1 atom stereocenters. The zero-order valence-corrected chi connectivity index (χ0v) is 18.0. The van der Waals surface area contributed by atoms with Gasteiger partial charge in [-0.05, 0) is 56.2 Å². The van der Waals surface area contributed by atoms with Gasteiger partial charge in [-0.3, -0.25) is 9.59 Å². The van der Waals surface area contributed by atoms with Gasteiger partial charge in [0.05, 0.1) is 11.6 Å². The van der Waals surface area contributed by atoms with E-state index in [1.165, 1.54) is 28.0 Å². The third kappa shape index (κ3) is 4.06. The van der Waals surface area contributed by atoms with Crippen LogP contribution in [-0.2, 0) is 24.2 Å². The molecule has 0 saturated carbocycles. The van der Waals surface area contributed by atoms with Crippen molar-refractivity contribution in [2.75, 3.05) is 18.0 Å². The second kappa shape index (κ2) is 8.37. The van der Waals surface area contributed by atoms with Crippen LogP contribution in [0.2, 0.25) is 0 Å². The zero-order valence-electron chi connectivity index (χ0n) is 17.1. The first-order chi connectivity index (χ1) is 15.1. The largest absolute Gasteiger partial charge is 0.352 e. The van der Waals surface area contributed by atoms with E-state index < -0.39 is 0 Å². The molecule has 2 aromatic heterocycles. The molecule has 31 heavy (non-hydrogen) atoms. The van der Waals surface area contributed by atoms with Crippen LogP contribution >= 0.6 is 11.3 Å². The van der Waals surface area contributed by atoms with E-state index in [2.05, 4.69) is 15.3 Å². The molecule has 1 unspecified atom stereocenters. The van der Waals surface area contributed by atoms with Gasteiger partial charge < -0.3 is 10.2 Å². The highest BCUT2D eigenvalue weighted by atomic mass is 32.1. The lowest BCUT2D eigenvalue weighted by atomic mass is 9.97. The van der Waals surface area contributed by atoms with E-state index in [0.717, 1.165) is 67.0 Å². The van der Waals surface area contributed by atoms with Crippen molar-refractivity contribution in [1.29, 1.82) is 0 Å². The standard InChI is InChI=1S/C22H24FN5O2S/c23-16-9-7-14(8-10-16)12-24-19(29)15-4-3-11-27(13-15)22-26-28-20(30)17-5-1-2-6-18(17)25-21(28)31-22/h7-10,15H,1-6,11-13H2,(H,24,29). The highest BCUT2D eigenvalue weighted by molar-refractivity contribution is 7.20. The van der Waals surface area contributed by atoms with E-state index in [4.69, 9.17) is 4.98 Å². The molecule has 1 saturated heterocycles. The van der Waals surface area contributed by atoms with Crippen molar-refractivity contribution in [2.24, 2.45) is 5.92 Å². The van der Waals surface area contributed by atoms with Gasteiger partial charge in [-0.15, -0.1) is 5.10 Å². The third-order valence-corrected chi connectivity index (χ3v) is 7.08. The van der Waals surface area contributed by atoms with Gasteiger partial charge in [-0.1, -0.05) is 23.5 Å². The average molecular weight is 442 g/mol. The maximum absolute atomic E-state index is 13.0. The van der Waals surface area contributed by atoms with Crippen molar-refractivity contribution in [3.05, 3.63) is 57.3 Å². The Hall–Kier alpha value is -2.81. The Morgan fingerprint density at radius 2 is 2.00 bits per heavy atom. The lowest BCUT2D eigenvalue weighted by Gasteiger charge is -2.31. The van der Waals surface area contributed by atoms with E-state index in [1.54, 1.807) is 12.1 Å². The van der Waals surface area contributed by atoms with Gasteiger partial charge >= 0.3 is 0 Å². The molecule has 0 radical (unpaired) electrons. The smallest absolute Gasteiger partial charge is 0.278 e. The number of anilines is 1. The molecule has 3 aromatic rings. The highest BCUT2D eigenvalue weighted by Gasteiger charge is 2.28. The molecule has 5 rings (SSSR count). The summed E-state index contributed by atoms with van der Waals surface area (Å²) in [6.45, 7) is 1.74. The summed E-state index contributed by atoms with van der Waals surface area (Å²) in [6.07, 6.45) is 5.41. The predicted molar refractivity (Wildman–Crippen MR) is 117 cm³/mol. The van der Waals surface area contributed by atoms with Gasteiger partial charge in [-0.25, -0.2) is 9.37 Å². The maximum atomic E-state index is 13.0. The number of hydrogen-bond donors (Lipinski definition) is 1. The topological polar surface area (TPSA) is 79.6 Å². The van der Waals surface area contributed by atoms with Gasteiger partial charge in [0, 0.05) is 25.2 Å². The number of amides is 1. The number of aromatic nitrogens is 3. The van der Waals surface area contributed by atoms with Gasteiger partial charge in [0.1, 0.15) is 5.82 Å². The molecule has 1 aromatic carbocycles. The number of halogens is 1. The number of carbonyl (C=O) groups excluding carboxylic acids is 1. The van der Waals surface area contributed by atoms with E-state index in [1.807, 2.05) is 0 Å². The summed E-state index contributed by atoms with van der Waals surface area (Å²) >= 11 is 1.42. The molecular formula is C22H24FN5O2S. The Morgan fingerprint density at radius 1 is 1.19 bits per heavy atom. The van der Waals surface area contributed by atoms with Crippen molar-refractivity contribution in [2.45, 2.75) is 45.1 Å². The van der Waals surface area contributed by atoms with Crippen molar-refractivity contribution in [3.63, 3.8) is 0 Å². The molecule has 1 fully saturated rings. The lowest BCUT2D eigenvalue weighted by Crippen LogP contribution is -2.43. The average Bonchev–Trinajstić information content (AvgIpc) is 3.23. The van der Waals surface area contributed by atoms with Crippen LogP contribution in [0, 0.1) is 11.7 Å². The second-order valence-corrected chi connectivity index (χ2v) is 9.19. The number of fused-ring (bicyclic) bond motifs is 2. The first-order valence-electron chi connectivity index (χ1n) is 10.8. The molecule has 0 bridgehead atoms. The fraction of sp³-hybridized carbons (Fsp3) is 0.455. The Morgan fingerprint density at radius 3 is 2.84 bits per heavy atom. The number of rotatable bonds is 4. The third-order valence-electron chi connectivity index (χ3n) is 6.11. The normalized spacial score (nSPS) is 18.7. The van der Waals surface area contributed by atoms with Crippen molar-refractivity contribution >= 4 is 27.3 Å². The molecule has 7 nitrogen and oxygen atoms in total. The predicted octanol–water partition coefficient (Wildman–Crippen LogP) is 2.70. The van der Waals surface area contributed by atoms with E-state index >= 15 is 0 Å². The molecule has 162 valence electrons. The summed E-state index contributed by atoms with van der Waals surface area (Å²) in [7, 11) is 0. The lowest BCUT2D eigenvalue weighted by molar-refractivity contribution is -0.125. The van der Waals surface area contributed by atoms with Crippen LogP contribution in [0.3, 0.4) is 0 Å². The molecule has 9 heteroatoms. The first kappa shape index (κ1) is 20.1. The maximum Gasteiger partial charge on any atom is 0.278 e. The number of hydrogen-bond acceptors (Lipinski definition) is 6. The fourth-order valence-electron chi connectivity index (χ4n) is 4.39. The van der Waals surface area contributed by atoms with Crippen LogP contribution in [0.5, 0.6) is 0 Å². The minimum absolute atomic E-state index is 0.0131. The summed E-state index contributed by atoms with van der Waals surface area (Å²) in [5.41, 5.74) is 2.54. The first-order valence-corrected chi connectivity index (χ1v) is 11.6. The van der Waals surface area contributed by atoms with Crippen LogP contribution in [0.1, 0.15) is 42.5 Å². The van der Waals surface area contributed by atoms with E-state index in [9.17, 15) is 14.0 Å². The van der Waals surface area contributed by atoms with Gasteiger partial charge in [0.2, 0.25) is 16.0 Å². The highest BCUT2D eigenvalue weighted by Crippen LogP contribution is 2.28. The number of carbonyl (C=O) groups is 1.